The molecule has 0 spiro atoms. The summed E-state index contributed by atoms with van der Waals surface area (Å²) in [6.07, 6.45) is 6.81. The van der Waals surface area contributed by atoms with Gasteiger partial charge in [0, 0.05) is 18.9 Å². The molecule has 0 aliphatic carbocycles. The number of nitrogens with two attached hydrogens (primary N) is 1. The fourth-order valence-electron chi connectivity index (χ4n) is 1.39. The molecule has 0 amide bonds. The molecule has 0 saturated carbocycles. The third-order valence-electron chi connectivity index (χ3n) is 2.39. The monoisotopic (exact) mass is 230 g/mol. The summed E-state index contributed by atoms with van der Waals surface area (Å²) in [6.45, 7) is 2.70. The molecule has 0 bridgehead atoms. The molecular weight excluding hydrogens is 216 g/mol. The standard InChI is InChI=1S/C11H14N6/c1-8-2-3-13-4-9(8)5-15-10-6-14-7-11(16-10)17-12/h2-4,6-7H,5,12H2,1H3,(H2,15,16,17). The fourth-order valence-corrected chi connectivity index (χ4v) is 1.39. The number of anilines is 2. The van der Waals surface area contributed by atoms with Gasteiger partial charge in [0.2, 0.25) is 0 Å². The first-order valence-electron chi connectivity index (χ1n) is 5.21. The van der Waals surface area contributed by atoms with Crippen LogP contribution in [0.4, 0.5) is 11.6 Å². The van der Waals surface area contributed by atoms with Gasteiger partial charge in [0.25, 0.3) is 0 Å². The largest absolute Gasteiger partial charge is 0.365 e. The number of hydrazine groups is 1. The molecule has 4 N–H and O–H groups in total. The van der Waals surface area contributed by atoms with Crippen LogP contribution in [0, 0.1) is 6.92 Å². The van der Waals surface area contributed by atoms with Crippen LogP contribution in [-0.4, -0.2) is 15.0 Å². The Labute approximate surface area is 99.3 Å². The Bertz CT molecular complexity index is 499. The minimum absolute atomic E-state index is 0.526. The van der Waals surface area contributed by atoms with Crippen LogP contribution in [0.15, 0.2) is 30.9 Å². The second-order valence-electron chi connectivity index (χ2n) is 3.59. The van der Waals surface area contributed by atoms with E-state index in [1.54, 1.807) is 18.6 Å². The summed E-state index contributed by atoms with van der Waals surface area (Å²) in [5, 5.41) is 3.17. The number of hydrogen-bond donors (Lipinski definition) is 3. The molecule has 0 saturated heterocycles. The summed E-state index contributed by atoms with van der Waals surface area (Å²) in [5.41, 5.74) is 4.76. The topological polar surface area (TPSA) is 88.8 Å². The zero-order chi connectivity index (χ0) is 12.1. The highest BCUT2D eigenvalue weighted by atomic mass is 15.3. The van der Waals surface area contributed by atoms with Gasteiger partial charge in [0.15, 0.2) is 5.82 Å². The van der Waals surface area contributed by atoms with Gasteiger partial charge in [-0.15, -0.1) is 0 Å². The number of nitrogen functional groups attached to an aromatic ring is 1. The molecule has 0 atom stereocenters. The summed E-state index contributed by atoms with van der Waals surface area (Å²) in [4.78, 5) is 12.3. The van der Waals surface area contributed by atoms with Crippen molar-refractivity contribution in [3.05, 3.63) is 42.0 Å². The summed E-state index contributed by atoms with van der Waals surface area (Å²) in [7, 11) is 0. The quantitative estimate of drug-likeness (QED) is 0.538. The SMILES string of the molecule is Cc1ccncc1CNc1cncc(NN)n1. The van der Waals surface area contributed by atoms with Gasteiger partial charge in [-0.25, -0.2) is 10.8 Å². The van der Waals surface area contributed by atoms with E-state index in [4.69, 9.17) is 5.84 Å². The van der Waals surface area contributed by atoms with Crippen molar-refractivity contribution in [2.75, 3.05) is 10.7 Å². The molecule has 2 rings (SSSR count). The van der Waals surface area contributed by atoms with Gasteiger partial charge in [-0.3, -0.25) is 9.97 Å². The van der Waals surface area contributed by atoms with Crippen molar-refractivity contribution in [3.8, 4) is 0 Å². The van der Waals surface area contributed by atoms with E-state index in [1.165, 1.54) is 5.56 Å². The van der Waals surface area contributed by atoms with Crippen molar-refractivity contribution in [2.24, 2.45) is 5.84 Å². The molecule has 2 aromatic rings. The van der Waals surface area contributed by atoms with Gasteiger partial charge in [-0.05, 0) is 24.1 Å². The molecule has 6 heteroatoms. The second kappa shape index (κ2) is 5.22. The van der Waals surface area contributed by atoms with E-state index in [0.29, 0.717) is 18.2 Å². The molecule has 0 radical (unpaired) electrons. The molecule has 2 heterocycles. The first kappa shape index (κ1) is 11.3. The third-order valence-corrected chi connectivity index (χ3v) is 2.39. The summed E-state index contributed by atoms with van der Waals surface area (Å²) >= 11 is 0. The maximum absolute atomic E-state index is 5.26. The minimum atomic E-state index is 0.526. The molecule has 0 aliphatic rings. The van der Waals surface area contributed by atoms with Crippen LogP contribution in [-0.2, 0) is 6.54 Å². The molecular formula is C11H14N6. The highest BCUT2D eigenvalue weighted by Crippen LogP contribution is 2.09. The summed E-state index contributed by atoms with van der Waals surface area (Å²) in [6, 6.07) is 1.97. The van der Waals surface area contributed by atoms with E-state index < -0.39 is 0 Å². The predicted octanol–water partition coefficient (Wildman–Crippen LogP) is 1.08. The minimum Gasteiger partial charge on any atom is -0.365 e. The zero-order valence-corrected chi connectivity index (χ0v) is 9.51. The maximum Gasteiger partial charge on any atom is 0.160 e. The van der Waals surface area contributed by atoms with Crippen molar-refractivity contribution in [1.29, 1.82) is 0 Å². The van der Waals surface area contributed by atoms with Crippen molar-refractivity contribution >= 4 is 11.6 Å². The van der Waals surface area contributed by atoms with E-state index in [-0.39, 0.29) is 0 Å². The highest BCUT2D eigenvalue weighted by Gasteiger charge is 2.00. The lowest BCUT2D eigenvalue weighted by Crippen LogP contribution is -2.10. The Morgan fingerprint density at radius 2 is 2.00 bits per heavy atom. The number of hydrogen-bond acceptors (Lipinski definition) is 6. The first-order valence-corrected chi connectivity index (χ1v) is 5.21. The van der Waals surface area contributed by atoms with Crippen molar-refractivity contribution in [3.63, 3.8) is 0 Å². The van der Waals surface area contributed by atoms with Gasteiger partial charge in [-0.1, -0.05) is 0 Å². The van der Waals surface area contributed by atoms with Crippen molar-refractivity contribution in [2.45, 2.75) is 13.5 Å². The maximum atomic E-state index is 5.26. The van der Waals surface area contributed by atoms with Gasteiger partial charge in [0.1, 0.15) is 5.82 Å². The van der Waals surface area contributed by atoms with Crippen molar-refractivity contribution in [1.82, 2.24) is 15.0 Å². The summed E-state index contributed by atoms with van der Waals surface area (Å²) < 4.78 is 0. The molecule has 2 aromatic heterocycles. The number of aromatic nitrogens is 3. The van der Waals surface area contributed by atoms with Crippen LogP contribution in [0.1, 0.15) is 11.1 Å². The Morgan fingerprint density at radius 3 is 2.76 bits per heavy atom. The molecule has 0 fully saturated rings. The molecule has 88 valence electrons. The van der Waals surface area contributed by atoms with Crippen LogP contribution in [0.5, 0.6) is 0 Å². The number of pyridine rings is 1. The lowest BCUT2D eigenvalue weighted by molar-refractivity contribution is 1.05. The molecule has 6 nitrogen and oxygen atoms in total. The summed E-state index contributed by atoms with van der Waals surface area (Å²) in [5.74, 6) is 6.46. The average Bonchev–Trinajstić information content (AvgIpc) is 2.38. The zero-order valence-electron chi connectivity index (χ0n) is 9.51. The molecule has 17 heavy (non-hydrogen) atoms. The molecule has 0 aliphatic heterocycles. The third kappa shape index (κ3) is 2.88. The Morgan fingerprint density at radius 1 is 1.18 bits per heavy atom. The van der Waals surface area contributed by atoms with Gasteiger partial charge >= 0.3 is 0 Å². The van der Waals surface area contributed by atoms with Gasteiger partial charge < -0.3 is 10.7 Å². The molecule has 0 unspecified atom stereocenters. The van der Waals surface area contributed by atoms with Crippen LogP contribution >= 0.6 is 0 Å². The smallest absolute Gasteiger partial charge is 0.160 e. The lowest BCUT2D eigenvalue weighted by atomic mass is 10.2. The van der Waals surface area contributed by atoms with E-state index in [1.807, 2.05) is 19.2 Å². The van der Waals surface area contributed by atoms with E-state index in [0.717, 1.165) is 5.56 Å². The number of nitrogens with one attached hydrogen (secondary N) is 2. The van der Waals surface area contributed by atoms with Gasteiger partial charge in [0.05, 0.1) is 12.4 Å². The number of nitrogens with zero attached hydrogens (tertiary/aromatic N) is 3. The van der Waals surface area contributed by atoms with Crippen LogP contribution < -0.4 is 16.6 Å². The van der Waals surface area contributed by atoms with Crippen LogP contribution in [0.2, 0.25) is 0 Å². The second-order valence-corrected chi connectivity index (χ2v) is 3.59. The molecule has 0 aromatic carbocycles. The highest BCUT2D eigenvalue weighted by molar-refractivity contribution is 5.41. The fraction of sp³-hybridized carbons (Fsp3) is 0.182. The van der Waals surface area contributed by atoms with Crippen LogP contribution in [0.3, 0.4) is 0 Å². The van der Waals surface area contributed by atoms with E-state index >= 15 is 0 Å². The van der Waals surface area contributed by atoms with E-state index in [2.05, 4.69) is 25.7 Å². The van der Waals surface area contributed by atoms with Crippen molar-refractivity contribution < 1.29 is 0 Å². The average molecular weight is 230 g/mol. The Hall–Kier alpha value is -2.21. The Kier molecular flexibility index (Phi) is 3.46. The normalized spacial score (nSPS) is 10.0. The Balaban J connectivity index is 2.05. The number of aryl methyl sites for hydroxylation is 1. The van der Waals surface area contributed by atoms with E-state index in [9.17, 15) is 0 Å². The number of rotatable bonds is 4. The van der Waals surface area contributed by atoms with Crippen LogP contribution in [0.25, 0.3) is 0 Å². The lowest BCUT2D eigenvalue weighted by Gasteiger charge is -2.08. The first-order chi connectivity index (χ1) is 8.29. The van der Waals surface area contributed by atoms with Gasteiger partial charge in [-0.2, -0.15) is 0 Å². The predicted molar refractivity (Wildman–Crippen MR) is 66.1 cm³/mol.